The molecule has 0 fully saturated rings. The monoisotopic (exact) mass is 289 g/mol. The first-order valence-electron chi connectivity index (χ1n) is 6.63. The van der Waals surface area contributed by atoms with Gasteiger partial charge in [0.25, 0.3) is 11.8 Å². The second-order valence-corrected chi connectivity index (χ2v) is 4.93. The molecule has 1 aliphatic heterocycles. The Balaban J connectivity index is 2.34. The lowest BCUT2D eigenvalue weighted by Gasteiger charge is -2.22. The molecule has 1 aromatic rings. The van der Waals surface area contributed by atoms with E-state index in [9.17, 15) is 24.3 Å². The van der Waals surface area contributed by atoms with Gasteiger partial charge in [0.2, 0.25) is 0 Å². The number of carboxylic acid groups (broad SMARTS) is 1. The molecule has 0 unspecified atom stereocenters. The molecule has 0 radical (unpaired) electrons. The van der Waals surface area contributed by atoms with Crippen LogP contribution in [0.2, 0.25) is 0 Å². The fraction of sp³-hybridized carbons (Fsp3) is 0.333. The van der Waals surface area contributed by atoms with Crippen molar-refractivity contribution < 1.29 is 24.3 Å². The summed E-state index contributed by atoms with van der Waals surface area (Å²) in [5, 5.41) is 9.28. The van der Waals surface area contributed by atoms with E-state index >= 15 is 0 Å². The second kappa shape index (κ2) is 5.87. The number of nitrogens with zero attached hydrogens (tertiary/aromatic N) is 1. The summed E-state index contributed by atoms with van der Waals surface area (Å²) in [6.07, 6.45) is 1.27. The molecule has 0 bridgehead atoms. The quantitative estimate of drug-likeness (QED) is 0.485. The molecule has 0 saturated heterocycles. The lowest BCUT2D eigenvalue weighted by molar-refractivity contribution is -0.142. The van der Waals surface area contributed by atoms with Gasteiger partial charge in [-0.2, -0.15) is 0 Å². The molecule has 0 aromatic heterocycles. The Morgan fingerprint density at radius 3 is 2.62 bits per heavy atom. The highest BCUT2D eigenvalue weighted by molar-refractivity contribution is 6.23. The van der Waals surface area contributed by atoms with Crippen molar-refractivity contribution >= 4 is 24.1 Å². The molecular weight excluding hydrogens is 274 g/mol. The predicted molar refractivity (Wildman–Crippen MR) is 73.0 cm³/mol. The van der Waals surface area contributed by atoms with Crippen molar-refractivity contribution in [1.29, 1.82) is 0 Å². The third-order valence-corrected chi connectivity index (χ3v) is 3.55. The highest BCUT2D eigenvalue weighted by atomic mass is 16.4. The Bertz CT molecular complexity index is 622. The van der Waals surface area contributed by atoms with Crippen LogP contribution >= 0.6 is 0 Å². The van der Waals surface area contributed by atoms with Crippen LogP contribution in [0.15, 0.2) is 18.2 Å². The highest BCUT2D eigenvalue weighted by Gasteiger charge is 2.43. The average Bonchev–Trinajstić information content (AvgIpc) is 2.69. The maximum Gasteiger partial charge on any atom is 0.326 e. The average molecular weight is 289 g/mol. The van der Waals surface area contributed by atoms with Crippen LogP contribution in [0.5, 0.6) is 0 Å². The van der Waals surface area contributed by atoms with Crippen molar-refractivity contribution in [1.82, 2.24) is 4.90 Å². The number of aryl methyl sites for hydroxylation is 1. The number of carbonyl (C=O) groups is 4. The van der Waals surface area contributed by atoms with Crippen LogP contribution in [0, 0.1) is 6.92 Å². The molecule has 1 aliphatic rings. The van der Waals surface area contributed by atoms with Gasteiger partial charge < -0.3 is 9.90 Å². The first kappa shape index (κ1) is 14.9. The maximum atomic E-state index is 12.4. The number of hydrogen-bond acceptors (Lipinski definition) is 4. The van der Waals surface area contributed by atoms with Crippen LogP contribution in [-0.2, 0) is 9.59 Å². The third kappa shape index (κ3) is 2.56. The summed E-state index contributed by atoms with van der Waals surface area (Å²) in [5.74, 6) is -2.41. The van der Waals surface area contributed by atoms with Crippen molar-refractivity contribution in [2.24, 2.45) is 0 Å². The summed E-state index contributed by atoms with van der Waals surface area (Å²) < 4.78 is 0. The van der Waals surface area contributed by atoms with Crippen molar-refractivity contribution in [3.05, 3.63) is 34.9 Å². The van der Waals surface area contributed by atoms with Gasteiger partial charge in [-0.1, -0.05) is 12.1 Å². The molecule has 110 valence electrons. The van der Waals surface area contributed by atoms with Gasteiger partial charge >= 0.3 is 5.97 Å². The fourth-order valence-electron chi connectivity index (χ4n) is 2.51. The van der Waals surface area contributed by atoms with Gasteiger partial charge in [0, 0.05) is 6.42 Å². The molecule has 2 rings (SSSR count). The zero-order valence-electron chi connectivity index (χ0n) is 11.5. The zero-order chi connectivity index (χ0) is 15.6. The summed E-state index contributed by atoms with van der Waals surface area (Å²) >= 11 is 0. The van der Waals surface area contributed by atoms with E-state index in [-0.39, 0.29) is 24.0 Å². The number of aldehydes is 1. The SMILES string of the molecule is Cc1cccc2c1C(=O)N([C@@H](CCCC=O)C(=O)O)C2=O. The fourth-order valence-corrected chi connectivity index (χ4v) is 2.51. The van der Waals surface area contributed by atoms with Crippen LogP contribution in [0.1, 0.15) is 45.5 Å². The van der Waals surface area contributed by atoms with E-state index in [1.54, 1.807) is 19.1 Å². The van der Waals surface area contributed by atoms with Gasteiger partial charge in [-0.15, -0.1) is 0 Å². The summed E-state index contributed by atoms with van der Waals surface area (Å²) in [6, 6.07) is 3.64. The molecular formula is C15H15NO5. The lowest BCUT2D eigenvalue weighted by atomic mass is 10.0. The predicted octanol–water partition coefficient (Wildman–Crippen LogP) is 1.41. The largest absolute Gasteiger partial charge is 0.480 e. The molecule has 1 aromatic carbocycles. The highest BCUT2D eigenvalue weighted by Crippen LogP contribution is 2.28. The number of carbonyl (C=O) groups excluding carboxylic acids is 3. The van der Waals surface area contributed by atoms with Gasteiger partial charge in [0.1, 0.15) is 12.3 Å². The van der Waals surface area contributed by atoms with Crippen LogP contribution < -0.4 is 0 Å². The van der Waals surface area contributed by atoms with E-state index in [0.29, 0.717) is 18.3 Å². The Kier molecular flexibility index (Phi) is 4.16. The zero-order valence-corrected chi connectivity index (χ0v) is 11.5. The number of benzene rings is 1. The molecule has 6 heteroatoms. The second-order valence-electron chi connectivity index (χ2n) is 4.93. The number of imide groups is 1. The molecule has 0 spiro atoms. The van der Waals surface area contributed by atoms with Gasteiger partial charge in [0.15, 0.2) is 0 Å². The van der Waals surface area contributed by atoms with Crippen LogP contribution in [0.3, 0.4) is 0 Å². The van der Waals surface area contributed by atoms with E-state index in [1.807, 2.05) is 0 Å². The Morgan fingerprint density at radius 2 is 2.05 bits per heavy atom. The number of fused-ring (bicyclic) bond motifs is 1. The number of hydrogen-bond donors (Lipinski definition) is 1. The summed E-state index contributed by atoms with van der Waals surface area (Å²) in [7, 11) is 0. The van der Waals surface area contributed by atoms with Gasteiger partial charge in [0.05, 0.1) is 11.1 Å². The minimum Gasteiger partial charge on any atom is -0.480 e. The van der Waals surface area contributed by atoms with Gasteiger partial charge in [-0.05, 0) is 31.4 Å². The maximum absolute atomic E-state index is 12.4. The number of rotatable bonds is 6. The van der Waals surface area contributed by atoms with Gasteiger partial charge in [-0.3, -0.25) is 14.5 Å². The van der Waals surface area contributed by atoms with Gasteiger partial charge in [-0.25, -0.2) is 4.79 Å². The van der Waals surface area contributed by atoms with Crippen LogP contribution in [0.25, 0.3) is 0 Å². The van der Waals surface area contributed by atoms with E-state index in [2.05, 4.69) is 0 Å². The number of aliphatic carboxylic acids is 1. The molecule has 6 nitrogen and oxygen atoms in total. The molecule has 21 heavy (non-hydrogen) atoms. The first-order chi connectivity index (χ1) is 9.99. The number of unbranched alkanes of at least 4 members (excludes halogenated alkanes) is 1. The molecule has 0 saturated carbocycles. The number of carboxylic acids is 1. The molecule has 2 amide bonds. The third-order valence-electron chi connectivity index (χ3n) is 3.55. The summed E-state index contributed by atoms with van der Waals surface area (Å²) in [4.78, 5) is 47.2. The summed E-state index contributed by atoms with van der Waals surface area (Å²) in [6.45, 7) is 1.70. The van der Waals surface area contributed by atoms with E-state index in [1.165, 1.54) is 6.07 Å². The Labute approximate surface area is 121 Å². The normalized spacial score (nSPS) is 15.0. The van der Waals surface area contributed by atoms with Crippen molar-refractivity contribution in [2.75, 3.05) is 0 Å². The Hall–Kier alpha value is -2.50. The standard InChI is InChI=1S/C15H15NO5/c1-9-5-4-6-10-12(9)14(19)16(13(10)18)11(15(20)21)7-2-3-8-17/h4-6,8,11H,2-3,7H2,1H3,(H,20,21)/t11-/m0/s1. The summed E-state index contributed by atoms with van der Waals surface area (Å²) in [5.41, 5.74) is 1.15. The molecule has 1 atom stereocenters. The first-order valence-corrected chi connectivity index (χ1v) is 6.63. The minimum absolute atomic E-state index is 0.0680. The van der Waals surface area contributed by atoms with Crippen LogP contribution in [0.4, 0.5) is 0 Å². The van der Waals surface area contributed by atoms with Crippen molar-refractivity contribution in [3.8, 4) is 0 Å². The van der Waals surface area contributed by atoms with Crippen molar-refractivity contribution in [2.45, 2.75) is 32.2 Å². The van der Waals surface area contributed by atoms with E-state index in [4.69, 9.17) is 0 Å². The molecule has 1 N–H and O–H groups in total. The van der Waals surface area contributed by atoms with E-state index < -0.39 is 23.8 Å². The Morgan fingerprint density at radius 1 is 1.33 bits per heavy atom. The molecule has 0 aliphatic carbocycles. The molecule has 1 heterocycles. The smallest absolute Gasteiger partial charge is 0.326 e. The van der Waals surface area contributed by atoms with Crippen LogP contribution in [-0.4, -0.2) is 40.1 Å². The van der Waals surface area contributed by atoms with E-state index in [0.717, 1.165) is 4.90 Å². The lowest BCUT2D eigenvalue weighted by Crippen LogP contribution is -2.44. The number of amides is 2. The van der Waals surface area contributed by atoms with Crippen molar-refractivity contribution in [3.63, 3.8) is 0 Å². The minimum atomic E-state index is -1.24. The topological polar surface area (TPSA) is 91.8 Å².